The third-order valence-corrected chi connectivity index (χ3v) is 2.52. The summed E-state index contributed by atoms with van der Waals surface area (Å²) < 4.78 is 0. The first kappa shape index (κ1) is 9.77. The highest BCUT2D eigenvalue weighted by molar-refractivity contribution is 6.14. The van der Waals surface area contributed by atoms with Gasteiger partial charge in [-0.25, -0.2) is 0 Å². The summed E-state index contributed by atoms with van der Waals surface area (Å²) in [4.78, 5) is 6.38. The number of H-pyrrole nitrogens is 2. The molecule has 2 heterocycles. The van der Waals surface area contributed by atoms with Crippen molar-refractivity contribution in [2.24, 2.45) is 0 Å². The smallest absolute Gasteiger partial charge is 0.0732 e. The summed E-state index contributed by atoms with van der Waals surface area (Å²) in [5.41, 5.74) is 4.79. The van der Waals surface area contributed by atoms with Crippen molar-refractivity contribution in [2.45, 2.75) is 20.3 Å². The highest BCUT2D eigenvalue weighted by Gasteiger charge is 2.09. The molecule has 0 saturated heterocycles. The standard InChI is InChI=1S/C12H15N3/c1-3-4-5-10(13)9-7-15-11-8(2)6-14-12(9)11/h4-7,13-15H,3H2,1-2H3/b5-4-,13-10?. The van der Waals surface area contributed by atoms with E-state index in [2.05, 4.69) is 16.9 Å². The van der Waals surface area contributed by atoms with E-state index < -0.39 is 0 Å². The topological polar surface area (TPSA) is 55.4 Å². The van der Waals surface area contributed by atoms with Gasteiger partial charge in [0.05, 0.1) is 16.7 Å². The molecule has 0 radical (unpaired) electrons. The van der Waals surface area contributed by atoms with Gasteiger partial charge in [-0.15, -0.1) is 0 Å². The van der Waals surface area contributed by atoms with E-state index in [0.29, 0.717) is 5.71 Å². The molecule has 0 spiro atoms. The van der Waals surface area contributed by atoms with E-state index >= 15 is 0 Å². The lowest BCUT2D eigenvalue weighted by Crippen LogP contribution is -1.92. The van der Waals surface area contributed by atoms with Crippen LogP contribution in [0.1, 0.15) is 24.5 Å². The maximum absolute atomic E-state index is 7.91. The zero-order chi connectivity index (χ0) is 10.8. The number of allylic oxidation sites excluding steroid dienone is 2. The van der Waals surface area contributed by atoms with E-state index in [1.807, 2.05) is 31.5 Å². The first-order valence-corrected chi connectivity index (χ1v) is 5.14. The monoisotopic (exact) mass is 201 g/mol. The molecule has 2 aromatic rings. The van der Waals surface area contributed by atoms with Crippen molar-refractivity contribution < 1.29 is 0 Å². The molecule has 2 rings (SSSR count). The summed E-state index contributed by atoms with van der Waals surface area (Å²) in [5.74, 6) is 0. The molecule has 15 heavy (non-hydrogen) atoms. The second-order valence-electron chi connectivity index (χ2n) is 3.65. The summed E-state index contributed by atoms with van der Waals surface area (Å²) in [6.45, 7) is 4.11. The van der Waals surface area contributed by atoms with Crippen LogP contribution in [0.5, 0.6) is 0 Å². The molecule has 0 saturated carbocycles. The van der Waals surface area contributed by atoms with Crippen LogP contribution in [-0.4, -0.2) is 15.7 Å². The molecule has 0 fully saturated rings. The minimum absolute atomic E-state index is 0.546. The first-order chi connectivity index (χ1) is 7.24. The van der Waals surface area contributed by atoms with Gasteiger partial charge in [-0.1, -0.05) is 13.0 Å². The number of rotatable bonds is 3. The van der Waals surface area contributed by atoms with Crippen LogP contribution in [-0.2, 0) is 0 Å². The predicted octanol–water partition coefficient (Wildman–Crippen LogP) is 3.14. The zero-order valence-electron chi connectivity index (χ0n) is 9.02. The van der Waals surface area contributed by atoms with Crippen LogP contribution >= 0.6 is 0 Å². The van der Waals surface area contributed by atoms with E-state index in [1.54, 1.807) is 0 Å². The van der Waals surface area contributed by atoms with Crippen molar-refractivity contribution in [1.82, 2.24) is 9.97 Å². The maximum atomic E-state index is 7.91. The molecule has 0 atom stereocenters. The normalized spacial score (nSPS) is 11.6. The van der Waals surface area contributed by atoms with Crippen LogP contribution in [0.3, 0.4) is 0 Å². The van der Waals surface area contributed by atoms with E-state index in [9.17, 15) is 0 Å². The molecule has 3 nitrogen and oxygen atoms in total. The van der Waals surface area contributed by atoms with Gasteiger partial charge in [0.15, 0.2) is 0 Å². The van der Waals surface area contributed by atoms with E-state index in [0.717, 1.165) is 23.0 Å². The lowest BCUT2D eigenvalue weighted by molar-refractivity contribution is 1.22. The molecule has 0 aromatic carbocycles. The Bertz CT molecular complexity index is 514. The lowest BCUT2D eigenvalue weighted by atomic mass is 10.1. The fourth-order valence-electron chi connectivity index (χ4n) is 1.67. The summed E-state index contributed by atoms with van der Waals surface area (Å²) in [5, 5.41) is 7.91. The van der Waals surface area contributed by atoms with E-state index in [-0.39, 0.29) is 0 Å². The highest BCUT2D eigenvalue weighted by atomic mass is 14.8. The highest BCUT2D eigenvalue weighted by Crippen LogP contribution is 2.20. The van der Waals surface area contributed by atoms with E-state index in [1.165, 1.54) is 5.56 Å². The minimum atomic E-state index is 0.546. The molecule has 0 aliphatic rings. The van der Waals surface area contributed by atoms with E-state index in [4.69, 9.17) is 5.41 Å². The summed E-state index contributed by atoms with van der Waals surface area (Å²) in [7, 11) is 0. The molecule has 78 valence electrons. The number of fused-ring (bicyclic) bond motifs is 1. The summed E-state index contributed by atoms with van der Waals surface area (Å²) >= 11 is 0. The van der Waals surface area contributed by atoms with Gasteiger partial charge in [0, 0.05) is 18.0 Å². The third kappa shape index (κ3) is 1.61. The second-order valence-corrected chi connectivity index (χ2v) is 3.65. The van der Waals surface area contributed by atoms with Crippen LogP contribution in [0.15, 0.2) is 24.5 Å². The Labute approximate surface area is 88.7 Å². The van der Waals surface area contributed by atoms with Gasteiger partial charge in [-0.05, 0) is 25.0 Å². The molecule has 3 heteroatoms. The number of hydrogen-bond donors (Lipinski definition) is 3. The molecule has 2 aromatic heterocycles. The van der Waals surface area contributed by atoms with Gasteiger partial charge < -0.3 is 15.4 Å². The maximum Gasteiger partial charge on any atom is 0.0732 e. The van der Waals surface area contributed by atoms with Crippen LogP contribution in [0, 0.1) is 12.3 Å². The molecule has 0 unspecified atom stereocenters. The van der Waals surface area contributed by atoms with Crippen molar-refractivity contribution in [3.63, 3.8) is 0 Å². The zero-order valence-corrected chi connectivity index (χ0v) is 9.02. The number of aromatic nitrogens is 2. The average molecular weight is 201 g/mol. The van der Waals surface area contributed by atoms with Crippen LogP contribution < -0.4 is 0 Å². The number of aromatic amines is 2. The molecule has 0 aliphatic heterocycles. The largest absolute Gasteiger partial charge is 0.359 e. The Morgan fingerprint density at radius 3 is 2.80 bits per heavy atom. The van der Waals surface area contributed by atoms with Gasteiger partial charge in [0.1, 0.15) is 0 Å². The fraction of sp³-hybridized carbons (Fsp3) is 0.250. The molecule has 3 N–H and O–H groups in total. The van der Waals surface area contributed by atoms with Crippen molar-refractivity contribution in [3.8, 4) is 0 Å². The lowest BCUT2D eigenvalue weighted by Gasteiger charge is -1.93. The molecular formula is C12H15N3. The van der Waals surface area contributed by atoms with Crippen molar-refractivity contribution >= 4 is 16.7 Å². The van der Waals surface area contributed by atoms with Gasteiger partial charge in [0.2, 0.25) is 0 Å². The molecule has 0 aliphatic carbocycles. The van der Waals surface area contributed by atoms with Gasteiger partial charge in [-0.3, -0.25) is 0 Å². The quantitative estimate of drug-likeness (QED) is 0.639. The summed E-state index contributed by atoms with van der Waals surface area (Å²) in [6, 6.07) is 0. The van der Waals surface area contributed by atoms with Crippen LogP contribution in [0.2, 0.25) is 0 Å². The van der Waals surface area contributed by atoms with Gasteiger partial charge in [-0.2, -0.15) is 0 Å². The summed E-state index contributed by atoms with van der Waals surface area (Å²) in [6.07, 6.45) is 8.65. The Kier molecular flexibility index (Phi) is 2.46. The van der Waals surface area contributed by atoms with Gasteiger partial charge >= 0.3 is 0 Å². The average Bonchev–Trinajstić information content (AvgIpc) is 2.78. The second kappa shape index (κ2) is 3.77. The Morgan fingerprint density at radius 2 is 2.07 bits per heavy atom. The Balaban J connectivity index is 2.44. The predicted molar refractivity (Wildman–Crippen MR) is 63.6 cm³/mol. The number of nitrogens with one attached hydrogen (secondary N) is 3. The van der Waals surface area contributed by atoms with Crippen molar-refractivity contribution in [2.75, 3.05) is 0 Å². The first-order valence-electron chi connectivity index (χ1n) is 5.14. The third-order valence-electron chi connectivity index (χ3n) is 2.52. The van der Waals surface area contributed by atoms with Crippen LogP contribution in [0.25, 0.3) is 11.0 Å². The van der Waals surface area contributed by atoms with Crippen LogP contribution in [0.4, 0.5) is 0 Å². The Hall–Kier alpha value is -1.77. The SMILES string of the molecule is CC/C=C\C(=N)c1c[nH]c2c(C)c[nH]c12. The van der Waals surface area contributed by atoms with Crippen molar-refractivity contribution in [3.05, 3.63) is 35.7 Å². The molecule has 0 bridgehead atoms. The molecular weight excluding hydrogens is 186 g/mol. The fourth-order valence-corrected chi connectivity index (χ4v) is 1.67. The van der Waals surface area contributed by atoms with Gasteiger partial charge in [0.25, 0.3) is 0 Å². The van der Waals surface area contributed by atoms with Crippen molar-refractivity contribution in [1.29, 1.82) is 5.41 Å². The number of hydrogen-bond acceptors (Lipinski definition) is 1. The Morgan fingerprint density at radius 1 is 1.33 bits per heavy atom. The minimum Gasteiger partial charge on any atom is -0.359 e. The number of aryl methyl sites for hydroxylation is 1. The molecule has 0 amide bonds.